The van der Waals surface area contributed by atoms with Gasteiger partial charge < -0.3 is 14.8 Å². The minimum Gasteiger partial charge on any atom is -0.508 e. The van der Waals surface area contributed by atoms with E-state index in [0.29, 0.717) is 16.6 Å². The molecule has 1 aromatic heterocycles. The molecule has 2 aromatic carbocycles. The number of carbonyl (C=O) groups is 1. The smallest absolute Gasteiger partial charge is 0.340 e. The highest BCUT2D eigenvalue weighted by atomic mass is 19.1. The third-order valence-corrected chi connectivity index (χ3v) is 3.72. The molecule has 1 heterocycles. The number of phenols is 1. The number of halogens is 1. The molecule has 0 radical (unpaired) electrons. The van der Waals surface area contributed by atoms with Crippen LogP contribution in [0.1, 0.15) is 11.1 Å². The standard InChI is InChI=1S/C18H14FNO4/c1-10-14-6-5-13(21)8-16(14)24-18(23)15(10)9-17(22)20-12-4-2-3-11(19)7-12/h2-8,21H,9H2,1H3,(H,20,22). The van der Waals surface area contributed by atoms with Crippen LogP contribution in [0.5, 0.6) is 5.75 Å². The molecule has 0 unspecified atom stereocenters. The monoisotopic (exact) mass is 327 g/mol. The Kier molecular flexibility index (Phi) is 4.04. The van der Waals surface area contributed by atoms with Crippen molar-refractivity contribution in [3.63, 3.8) is 0 Å². The minimum absolute atomic E-state index is 0.0124. The first kappa shape index (κ1) is 15.7. The number of phenolic OH excluding ortho intramolecular Hbond substituents is 1. The Bertz CT molecular complexity index is 994. The van der Waals surface area contributed by atoms with Crippen LogP contribution >= 0.6 is 0 Å². The highest BCUT2D eigenvalue weighted by molar-refractivity contribution is 5.93. The van der Waals surface area contributed by atoms with E-state index in [-0.39, 0.29) is 23.3 Å². The molecule has 1 amide bonds. The van der Waals surface area contributed by atoms with Crippen LogP contribution < -0.4 is 10.9 Å². The zero-order valence-corrected chi connectivity index (χ0v) is 12.8. The molecule has 6 heteroatoms. The third kappa shape index (κ3) is 3.12. The fourth-order valence-electron chi connectivity index (χ4n) is 2.52. The zero-order chi connectivity index (χ0) is 17.3. The molecule has 0 atom stereocenters. The van der Waals surface area contributed by atoms with Gasteiger partial charge in [0.05, 0.1) is 12.0 Å². The first-order chi connectivity index (χ1) is 11.4. The van der Waals surface area contributed by atoms with E-state index >= 15 is 0 Å². The van der Waals surface area contributed by atoms with Crippen LogP contribution in [-0.4, -0.2) is 11.0 Å². The molecule has 3 rings (SSSR count). The van der Waals surface area contributed by atoms with Crippen molar-refractivity contribution < 1.29 is 18.7 Å². The lowest BCUT2D eigenvalue weighted by molar-refractivity contribution is -0.115. The van der Waals surface area contributed by atoms with Crippen LogP contribution in [0.15, 0.2) is 51.7 Å². The number of amides is 1. The molecule has 0 fully saturated rings. The molecule has 24 heavy (non-hydrogen) atoms. The van der Waals surface area contributed by atoms with Crippen molar-refractivity contribution in [1.82, 2.24) is 0 Å². The van der Waals surface area contributed by atoms with E-state index in [1.807, 2.05) is 0 Å². The van der Waals surface area contributed by atoms with Crippen LogP contribution in [0.4, 0.5) is 10.1 Å². The van der Waals surface area contributed by atoms with Crippen molar-refractivity contribution in [1.29, 1.82) is 0 Å². The van der Waals surface area contributed by atoms with Crippen molar-refractivity contribution in [2.24, 2.45) is 0 Å². The summed E-state index contributed by atoms with van der Waals surface area (Å²) in [5.74, 6) is -0.926. The second kappa shape index (κ2) is 6.16. The van der Waals surface area contributed by atoms with Gasteiger partial charge in [0, 0.05) is 17.1 Å². The number of rotatable bonds is 3. The maximum atomic E-state index is 13.1. The van der Waals surface area contributed by atoms with Gasteiger partial charge in [-0.3, -0.25) is 4.79 Å². The topological polar surface area (TPSA) is 79.5 Å². The minimum atomic E-state index is -0.639. The molecule has 0 aliphatic heterocycles. The Balaban J connectivity index is 1.91. The van der Waals surface area contributed by atoms with Gasteiger partial charge in [0.15, 0.2) is 0 Å². The van der Waals surface area contributed by atoms with Crippen LogP contribution in [0.2, 0.25) is 0 Å². The molecular formula is C18H14FNO4. The van der Waals surface area contributed by atoms with Gasteiger partial charge in [0.1, 0.15) is 17.1 Å². The van der Waals surface area contributed by atoms with E-state index in [9.17, 15) is 19.1 Å². The maximum absolute atomic E-state index is 13.1. The molecule has 0 saturated heterocycles. The number of aromatic hydroxyl groups is 1. The second-order valence-electron chi connectivity index (χ2n) is 5.41. The van der Waals surface area contributed by atoms with Gasteiger partial charge >= 0.3 is 5.63 Å². The van der Waals surface area contributed by atoms with E-state index in [2.05, 4.69) is 5.32 Å². The van der Waals surface area contributed by atoms with Crippen molar-refractivity contribution in [2.45, 2.75) is 13.3 Å². The van der Waals surface area contributed by atoms with Gasteiger partial charge in [0.2, 0.25) is 5.91 Å². The van der Waals surface area contributed by atoms with Crippen molar-refractivity contribution >= 4 is 22.6 Å². The lowest BCUT2D eigenvalue weighted by Crippen LogP contribution is -2.20. The van der Waals surface area contributed by atoms with E-state index in [1.54, 1.807) is 19.1 Å². The van der Waals surface area contributed by atoms with Gasteiger partial charge in [0.25, 0.3) is 0 Å². The summed E-state index contributed by atoms with van der Waals surface area (Å²) in [6.07, 6.45) is -0.193. The number of hydrogen-bond donors (Lipinski definition) is 2. The SMILES string of the molecule is Cc1c(CC(=O)Nc2cccc(F)c2)c(=O)oc2cc(O)ccc12. The predicted octanol–water partition coefficient (Wildman–Crippen LogP) is 3.13. The molecule has 122 valence electrons. The molecule has 3 aromatic rings. The number of aryl methyl sites for hydroxylation is 1. The summed E-state index contributed by atoms with van der Waals surface area (Å²) in [7, 11) is 0. The molecule has 0 aliphatic rings. The lowest BCUT2D eigenvalue weighted by Gasteiger charge is -2.09. The Morgan fingerprint density at radius 1 is 1.25 bits per heavy atom. The Morgan fingerprint density at radius 3 is 2.79 bits per heavy atom. The first-order valence-electron chi connectivity index (χ1n) is 7.25. The Labute approximate surface area is 136 Å². The summed E-state index contributed by atoms with van der Waals surface area (Å²) in [6.45, 7) is 1.71. The summed E-state index contributed by atoms with van der Waals surface area (Å²) >= 11 is 0. The van der Waals surface area contributed by atoms with Crippen LogP contribution in [0.25, 0.3) is 11.0 Å². The van der Waals surface area contributed by atoms with E-state index < -0.39 is 17.3 Å². The highest BCUT2D eigenvalue weighted by Crippen LogP contribution is 2.23. The van der Waals surface area contributed by atoms with Crippen LogP contribution in [-0.2, 0) is 11.2 Å². The van der Waals surface area contributed by atoms with Crippen LogP contribution in [0.3, 0.4) is 0 Å². The maximum Gasteiger partial charge on any atom is 0.340 e. The van der Waals surface area contributed by atoms with Crippen LogP contribution in [0, 0.1) is 12.7 Å². The molecule has 0 aliphatic carbocycles. The summed E-state index contributed by atoms with van der Waals surface area (Å²) in [4.78, 5) is 24.3. The average Bonchev–Trinajstić information content (AvgIpc) is 2.51. The van der Waals surface area contributed by atoms with Crippen molar-refractivity contribution in [3.05, 3.63) is 69.8 Å². The number of hydrogen-bond acceptors (Lipinski definition) is 4. The second-order valence-corrected chi connectivity index (χ2v) is 5.41. The Morgan fingerprint density at radius 2 is 2.04 bits per heavy atom. The normalized spacial score (nSPS) is 10.8. The zero-order valence-electron chi connectivity index (χ0n) is 12.8. The average molecular weight is 327 g/mol. The van der Waals surface area contributed by atoms with E-state index in [4.69, 9.17) is 4.42 Å². The lowest BCUT2D eigenvalue weighted by atomic mass is 10.0. The van der Waals surface area contributed by atoms with Gasteiger partial charge in [-0.15, -0.1) is 0 Å². The number of carbonyl (C=O) groups excluding carboxylic acids is 1. The number of nitrogens with one attached hydrogen (secondary N) is 1. The molecular weight excluding hydrogens is 313 g/mol. The van der Waals surface area contributed by atoms with Gasteiger partial charge in [-0.25, -0.2) is 9.18 Å². The number of anilines is 1. The summed E-state index contributed by atoms with van der Waals surface area (Å²) < 4.78 is 18.3. The first-order valence-corrected chi connectivity index (χ1v) is 7.25. The van der Waals surface area contributed by atoms with Gasteiger partial charge in [-0.2, -0.15) is 0 Å². The summed E-state index contributed by atoms with van der Waals surface area (Å²) in [6, 6.07) is 9.94. The van der Waals surface area contributed by atoms with E-state index in [1.165, 1.54) is 30.3 Å². The molecule has 0 bridgehead atoms. The van der Waals surface area contributed by atoms with Gasteiger partial charge in [-0.05, 0) is 42.8 Å². The quantitative estimate of drug-likeness (QED) is 0.724. The van der Waals surface area contributed by atoms with Crippen molar-refractivity contribution in [3.8, 4) is 5.75 Å². The third-order valence-electron chi connectivity index (χ3n) is 3.72. The fraction of sp³-hybridized carbons (Fsp3) is 0.111. The highest BCUT2D eigenvalue weighted by Gasteiger charge is 2.15. The summed E-state index contributed by atoms with van der Waals surface area (Å²) in [5.41, 5.74) is 0.761. The number of fused-ring (bicyclic) bond motifs is 1. The van der Waals surface area contributed by atoms with Crippen molar-refractivity contribution in [2.75, 3.05) is 5.32 Å². The molecule has 0 saturated carbocycles. The molecule has 0 spiro atoms. The fourth-order valence-corrected chi connectivity index (χ4v) is 2.52. The van der Waals surface area contributed by atoms with E-state index in [0.717, 1.165) is 0 Å². The van der Waals surface area contributed by atoms with Gasteiger partial charge in [-0.1, -0.05) is 6.07 Å². The number of benzene rings is 2. The predicted molar refractivity (Wildman–Crippen MR) is 87.6 cm³/mol. The largest absolute Gasteiger partial charge is 0.508 e. The summed E-state index contributed by atoms with van der Waals surface area (Å²) in [5, 5.41) is 12.6. The molecule has 2 N–H and O–H groups in total. The molecule has 5 nitrogen and oxygen atoms in total. The Hall–Kier alpha value is -3.15.